The van der Waals surface area contributed by atoms with Crippen LogP contribution < -0.4 is 20.1 Å². The van der Waals surface area contributed by atoms with Crippen LogP contribution in [-0.4, -0.2) is 32.8 Å². The van der Waals surface area contributed by atoms with Gasteiger partial charge >= 0.3 is 0 Å². The molecule has 0 bridgehead atoms. The summed E-state index contributed by atoms with van der Waals surface area (Å²) in [5.41, 5.74) is 1.13. The minimum absolute atomic E-state index is 0. The third-order valence-electron chi connectivity index (χ3n) is 3.88. The molecular formula is C17H29Cl3N2O2. The Hall–Kier alpha value is -0.390. The second-order valence-corrected chi connectivity index (χ2v) is 6.00. The molecule has 1 aromatic rings. The number of nitrogens with one attached hydrogen (secondary N) is 2. The van der Waals surface area contributed by atoms with E-state index in [0.29, 0.717) is 24.0 Å². The van der Waals surface area contributed by atoms with Crippen LogP contribution in [0.15, 0.2) is 12.1 Å². The summed E-state index contributed by atoms with van der Waals surface area (Å²) in [5, 5.41) is 7.55. The van der Waals surface area contributed by atoms with Crippen molar-refractivity contribution in [1.82, 2.24) is 10.6 Å². The molecule has 2 N–H and O–H groups in total. The van der Waals surface area contributed by atoms with Crippen LogP contribution in [0.4, 0.5) is 0 Å². The van der Waals surface area contributed by atoms with E-state index < -0.39 is 0 Å². The lowest BCUT2D eigenvalue weighted by Gasteiger charge is -2.23. The molecule has 0 unspecified atom stereocenters. The first-order chi connectivity index (χ1) is 10.7. The second-order valence-electron chi connectivity index (χ2n) is 5.60. The smallest absolute Gasteiger partial charge is 0.179 e. The van der Waals surface area contributed by atoms with Gasteiger partial charge in [-0.3, -0.25) is 0 Å². The molecule has 4 nitrogen and oxygen atoms in total. The van der Waals surface area contributed by atoms with E-state index in [4.69, 9.17) is 21.1 Å². The Morgan fingerprint density at radius 3 is 2.42 bits per heavy atom. The van der Waals surface area contributed by atoms with Gasteiger partial charge in [-0.05, 0) is 69.9 Å². The summed E-state index contributed by atoms with van der Waals surface area (Å²) in [6, 6.07) is 3.99. The van der Waals surface area contributed by atoms with Gasteiger partial charge in [-0.25, -0.2) is 0 Å². The van der Waals surface area contributed by atoms with Gasteiger partial charge in [0, 0.05) is 6.54 Å². The molecule has 24 heavy (non-hydrogen) atoms. The molecule has 0 radical (unpaired) electrons. The molecule has 1 fully saturated rings. The van der Waals surface area contributed by atoms with Crippen LogP contribution >= 0.6 is 36.4 Å². The van der Waals surface area contributed by atoms with E-state index in [0.717, 1.165) is 43.4 Å². The highest BCUT2D eigenvalue weighted by Crippen LogP contribution is 2.36. The Balaban J connectivity index is 0.00000264. The molecule has 1 aliphatic heterocycles. The fourth-order valence-electron chi connectivity index (χ4n) is 2.78. The third kappa shape index (κ3) is 7.24. The molecule has 1 aliphatic rings. The molecule has 1 aromatic carbocycles. The Bertz CT molecular complexity index is 469. The summed E-state index contributed by atoms with van der Waals surface area (Å²) >= 11 is 6.34. The fourth-order valence-corrected chi connectivity index (χ4v) is 3.07. The SMILES string of the molecule is CCOc1cc(CNCC2CCNCC2)cc(Cl)c1OCC.Cl.Cl. The maximum atomic E-state index is 6.34. The van der Waals surface area contributed by atoms with Crippen molar-refractivity contribution in [2.24, 2.45) is 5.92 Å². The van der Waals surface area contributed by atoms with Crippen molar-refractivity contribution in [2.75, 3.05) is 32.8 Å². The predicted octanol–water partition coefficient (Wildman–Crippen LogP) is 4.07. The lowest BCUT2D eigenvalue weighted by atomic mass is 9.98. The molecular weight excluding hydrogens is 371 g/mol. The maximum Gasteiger partial charge on any atom is 0.179 e. The molecule has 0 atom stereocenters. The van der Waals surface area contributed by atoms with E-state index in [1.807, 2.05) is 26.0 Å². The minimum atomic E-state index is 0. The summed E-state index contributed by atoms with van der Waals surface area (Å²) in [6.07, 6.45) is 2.50. The zero-order valence-corrected chi connectivity index (χ0v) is 16.8. The minimum Gasteiger partial charge on any atom is -0.490 e. The first-order valence-electron chi connectivity index (χ1n) is 8.24. The van der Waals surface area contributed by atoms with Crippen molar-refractivity contribution in [1.29, 1.82) is 0 Å². The average molecular weight is 400 g/mol. The van der Waals surface area contributed by atoms with E-state index in [1.54, 1.807) is 0 Å². The van der Waals surface area contributed by atoms with Crippen LogP contribution in [-0.2, 0) is 6.54 Å². The number of hydrogen-bond acceptors (Lipinski definition) is 4. The number of rotatable bonds is 8. The van der Waals surface area contributed by atoms with Crippen LogP contribution in [0.2, 0.25) is 5.02 Å². The van der Waals surface area contributed by atoms with Crippen molar-refractivity contribution >= 4 is 36.4 Å². The molecule has 0 aromatic heterocycles. The Morgan fingerprint density at radius 1 is 1.12 bits per heavy atom. The van der Waals surface area contributed by atoms with Gasteiger partial charge in [0.2, 0.25) is 0 Å². The van der Waals surface area contributed by atoms with Crippen molar-refractivity contribution in [3.05, 3.63) is 22.7 Å². The van der Waals surface area contributed by atoms with Crippen LogP contribution in [0, 0.1) is 5.92 Å². The van der Waals surface area contributed by atoms with E-state index in [1.165, 1.54) is 12.8 Å². The van der Waals surface area contributed by atoms with Gasteiger partial charge in [-0.1, -0.05) is 11.6 Å². The van der Waals surface area contributed by atoms with Crippen molar-refractivity contribution in [2.45, 2.75) is 33.2 Å². The van der Waals surface area contributed by atoms with E-state index in [9.17, 15) is 0 Å². The van der Waals surface area contributed by atoms with Crippen molar-refractivity contribution in [3.8, 4) is 11.5 Å². The van der Waals surface area contributed by atoms with Crippen LogP contribution in [0.25, 0.3) is 0 Å². The van der Waals surface area contributed by atoms with Gasteiger partial charge in [0.25, 0.3) is 0 Å². The number of hydrogen-bond donors (Lipinski definition) is 2. The standard InChI is InChI=1S/C17H27ClN2O2.2ClH/c1-3-21-16-10-14(9-15(18)17(16)22-4-2)12-20-11-13-5-7-19-8-6-13;;/h9-10,13,19-20H,3-8,11-12H2,1-2H3;2*1H. The molecule has 7 heteroatoms. The maximum absolute atomic E-state index is 6.34. The largest absolute Gasteiger partial charge is 0.490 e. The number of ether oxygens (including phenoxy) is 2. The summed E-state index contributed by atoms with van der Waals surface area (Å²) in [7, 11) is 0. The molecule has 0 aliphatic carbocycles. The highest BCUT2D eigenvalue weighted by molar-refractivity contribution is 6.32. The number of piperidine rings is 1. The highest BCUT2D eigenvalue weighted by Gasteiger charge is 2.14. The number of halogens is 3. The Morgan fingerprint density at radius 2 is 1.79 bits per heavy atom. The third-order valence-corrected chi connectivity index (χ3v) is 4.16. The first kappa shape index (κ1) is 23.6. The van der Waals surface area contributed by atoms with Crippen molar-refractivity contribution in [3.63, 3.8) is 0 Å². The topological polar surface area (TPSA) is 42.5 Å². The van der Waals surface area contributed by atoms with E-state index in [-0.39, 0.29) is 24.8 Å². The Kier molecular flexibility index (Phi) is 12.7. The quantitative estimate of drug-likeness (QED) is 0.691. The average Bonchev–Trinajstić information content (AvgIpc) is 2.52. The molecule has 1 saturated heterocycles. The molecule has 0 amide bonds. The van der Waals surface area contributed by atoms with Crippen LogP contribution in [0.5, 0.6) is 11.5 Å². The first-order valence-corrected chi connectivity index (χ1v) is 8.61. The number of benzene rings is 1. The zero-order chi connectivity index (χ0) is 15.8. The lowest BCUT2D eigenvalue weighted by molar-refractivity contribution is 0.287. The summed E-state index contributed by atoms with van der Waals surface area (Å²) < 4.78 is 11.3. The summed E-state index contributed by atoms with van der Waals surface area (Å²) in [5.74, 6) is 2.15. The highest BCUT2D eigenvalue weighted by atomic mass is 35.5. The molecule has 0 saturated carbocycles. The van der Waals surface area contributed by atoms with E-state index in [2.05, 4.69) is 10.6 Å². The van der Waals surface area contributed by atoms with Gasteiger partial charge in [-0.2, -0.15) is 0 Å². The van der Waals surface area contributed by atoms with Gasteiger partial charge in [0.05, 0.1) is 18.2 Å². The second kappa shape index (κ2) is 12.9. The molecule has 0 spiro atoms. The zero-order valence-electron chi connectivity index (χ0n) is 14.4. The van der Waals surface area contributed by atoms with Gasteiger partial charge < -0.3 is 20.1 Å². The molecule has 2 rings (SSSR count). The summed E-state index contributed by atoms with van der Waals surface area (Å²) in [4.78, 5) is 0. The lowest BCUT2D eigenvalue weighted by Crippen LogP contribution is -2.33. The van der Waals surface area contributed by atoms with Gasteiger partial charge in [0.1, 0.15) is 0 Å². The normalized spacial score (nSPS) is 14.5. The predicted molar refractivity (Wildman–Crippen MR) is 106 cm³/mol. The monoisotopic (exact) mass is 398 g/mol. The van der Waals surface area contributed by atoms with Gasteiger partial charge in [0.15, 0.2) is 11.5 Å². The van der Waals surface area contributed by atoms with E-state index >= 15 is 0 Å². The summed E-state index contributed by atoms with van der Waals surface area (Å²) in [6.45, 7) is 9.21. The molecule has 140 valence electrons. The molecule has 1 heterocycles. The van der Waals surface area contributed by atoms with Gasteiger partial charge in [-0.15, -0.1) is 24.8 Å². The van der Waals surface area contributed by atoms with Crippen molar-refractivity contribution < 1.29 is 9.47 Å². The van der Waals surface area contributed by atoms with Crippen LogP contribution in [0.1, 0.15) is 32.3 Å². The fraction of sp³-hybridized carbons (Fsp3) is 0.647. The Labute approximate surface area is 162 Å². The van der Waals surface area contributed by atoms with Crippen LogP contribution in [0.3, 0.4) is 0 Å².